The first-order valence-corrected chi connectivity index (χ1v) is 8.33. The third-order valence-corrected chi connectivity index (χ3v) is 5.86. The number of hydrogen-bond donors (Lipinski definition) is 2. The van der Waals surface area contributed by atoms with Gasteiger partial charge < -0.3 is 15.3 Å². The number of aromatic nitrogens is 2. The number of aliphatic carboxylic acids is 1. The van der Waals surface area contributed by atoms with Crippen LogP contribution >= 0.6 is 11.3 Å². The number of hydrogen-bond acceptors (Lipinski definition) is 5. The SMILES string of the molecule is Cc1nnc(C(C)NC(=O)N2C[C@@H]3CCC[C@@]3(C(=O)O)C2)s1. The minimum atomic E-state index is -0.766. The van der Waals surface area contributed by atoms with E-state index >= 15 is 0 Å². The molecule has 0 aromatic carbocycles. The molecular formula is C14H20N4O3S. The van der Waals surface area contributed by atoms with Crippen molar-refractivity contribution in [2.45, 2.75) is 39.2 Å². The number of nitrogens with zero attached hydrogens (tertiary/aromatic N) is 3. The van der Waals surface area contributed by atoms with Crippen molar-refractivity contribution in [2.24, 2.45) is 11.3 Å². The van der Waals surface area contributed by atoms with Crippen LogP contribution in [0.1, 0.15) is 42.2 Å². The van der Waals surface area contributed by atoms with Crippen LogP contribution in [0.15, 0.2) is 0 Å². The zero-order valence-corrected chi connectivity index (χ0v) is 13.5. The Kier molecular flexibility index (Phi) is 3.80. The van der Waals surface area contributed by atoms with E-state index in [1.807, 2.05) is 13.8 Å². The molecule has 3 atom stereocenters. The molecule has 1 saturated carbocycles. The average Bonchev–Trinajstić information content (AvgIpc) is 3.10. The fraction of sp³-hybridized carbons (Fsp3) is 0.714. The van der Waals surface area contributed by atoms with Crippen molar-refractivity contribution in [3.63, 3.8) is 0 Å². The maximum atomic E-state index is 12.4. The Hall–Kier alpha value is -1.70. The molecule has 22 heavy (non-hydrogen) atoms. The fourth-order valence-electron chi connectivity index (χ4n) is 3.62. The van der Waals surface area contributed by atoms with E-state index in [9.17, 15) is 14.7 Å². The molecule has 120 valence electrons. The molecule has 0 radical (unpaired) electrons. The van der Waals surface area contributed by atoms with Gasteiger partial charge in [-0.15, -0.1) is 10.2 Å². The standard InChI is InChI=1S/C14H20N4O3S/c1-8(11-17-16-9(2)22-11)15-13(21)18-6-10-4-3-5-14(10,7-18)12(19)20/h8,10H,3-7H2,1-2H3,(H,15,21)(H,19,20)/t8?,10-,14+/m0/s1. The Balaban J connectivity index is 1.66. The van der Waals surface area contributed by atoms with E-state index in [1.54, 1.807) is 4.90 Å². The van der Waals surface area contributed by atoms with E-state index in [4.69, 9.17) is 0 Å². The highest BCUT2D eigenvalue weighted by molar-refractivity contribution is 7.11. The van der Waals surface area contributed by atoms with Gasteiger partial charge in [0.2, 0.25) is 0 Å². The molecule has 2 fully saturated rings. The van der Waals surface area contributed by atoms with E-state index in [1.165, 1.54) is 11.3 Å². The number of likely N-dealkylation sites (tertiary alicyclic amines) is 1. The Bertz CT molecular complexity index is 605. The molecule has 2 heterocycles. The number of urea groups is 1. The average molecular weight is 324 g/mol. The number of nitrogens with one attached hydrogen (secondary N) is 1. The van der Waals surface area contributed by atoms with Crippen LogP contribution in [-0.4, -0.2) is 45.3 Å². The van der Waals surface area contributed by atoms with Crippen molar-refractivity contribution in [3.05, 3.63) is 10.0 Å². The minimum Gasteiger partial charge on any atom is -0.481 e. The van der Waals surface area contributed by atoms with Crippen molar-refractivity contribution in [1.82, 2.24) is 20.4 Å². The van der Waals surface area contributed by atoms with Gasteiger partial charge in [0.1, 0.15) is 10.0 Å². The van der Waals surface area contributed by atoms with E-state index in [2.05, 4.69) is 15.5 Å². The van der Waals surface area contributed by atoms with Gasteiger partial charge in [-0.1, -0.05) is 17.8 Å². The van der Waals surface area contributed by atoms with Gasteiger partial charge in [-0.05, 0) is 32.6 Å². The molecule has 3 rings (SSSR count). The Morgan fingerprint density at radius 3 is 2.86 bits per heavy atom. The van der Waals surface area contributed by atoms with Gasteiger partial charge in [-0.3, -0.25) is 4.79 Å². The van der Waals surface area contributed by atoms with Crippen LogP contribution < -0.4 is 5.32 Å². The van der Waals surface area contributed by atoms with Crippen LogP contribution in [0.3, 0.4) is 0 Å². The third-order valence-electron chi connectivity index (χ3n) is 4.84. The maximum Gasteiger partial charge on any atom is 0.317 e. The summed E-state index contributed by atoms with van der Waals surface area (Å²) in [6.07, 6.45) is 2.50. The number of carboxylic acid groups (broad SMARTS) is 1. The molecule has 1 aliphatic carbocycles. The summed E-state index contributed by atoms with van der Waals surface area (Å²) in [6.45, 7) is 4.57. The minimum absolute atomic E-state index is 0.0785. The zero-order valence-electron chi connectivity index (χ0n) is 12.7. The summed E-state index contributed by atoms with van der Waals surface area (Å²) in [7, 11) is 0. The summed E-state index contributed by atoms with van der Waals surface area (Å²) in [6, 6.07) is -0.435. The normalized spacial score (nSPS) is 28.5. The van der Waals surface area contributed by atoms with Gasteiger partial charge in [0.15, 0.2) is 0 Å². The highest BCUT2D eigenvalue weighted by atomic mass is 32.1. The summed E-state index contributed by atoms with van der Waals surface area (Å²) in [5, 5.41) is 22.1. The van der Waals surface area contributed by atoms with E-state index in [-0.39, 0.29) is 18.0 Å². The van der Waals surface area contributed by atoms with Gasteiger partial charge in [0.25, 0.3) is 0 Å². The quantitative estimate of drug-likeness (QED) is 0.884. The number of fused-ring (bicyclic) bond motifs is 1. The number of carbonyl (C=O) groups excluding carboxylic acids is 1. The Morgan fingerprint density at radius 2 is 2.27 bits per heavy atom. The molecule has 0 bridgehead atoms. The van der Waals surface area contributed by atoms with Gasteiger partial charge >= 0.3 is 12.0 Å². The largest absolute Gasteiger partial charge is 0.481 e. The second kappa shape index (κ2) is 5.49. The lowest BCUT2D eigenvalue weighted by Gasteiger charge is -2.24. The molecule has 1 saturated heterocycles. The van der Waals surface area contributed by atoms with Gasteiger partial charge in [-0.25, -0.2) is 4.79 Å². The maximum absolute atomic E-state index is 12.4. The van der Waals surface area contributed by atoms with Crippen LogP contribution in [0, 0.1) is 18.3 Å². The predicted molar refractivity (Wildman–Crippen MR) is 80.6 cm³/mol. The molecular weight excluding hydrogens is 304 g/mol. The van der Waals surface area contributed by atoms with Crippen molar-refractivity contribution in [2.75, 3.05) is 13.1 Å². The molecule has 1 aromatic rings. The van der Waals surface area contributed by atoms with Crippen molar-refractivity contribution >= 4 is 23.3 Å². The van der Waals surface area contributed by atoms with Gasteiger partial charge in [-0.2, -0.15) is 0 Å². The first-order valence-electron chi connectivity index (χ1n) is 7.51. The Morgan fingerprint density at radius 1 is 1.50 bits per heavy atom. The summed E-state index contributed by atoms with van der Waals surface area (Å²) in [5.41, 5.74) is -0.736. The monoisotopic (exact) mass is 324 g/mol. The first kappa shape index (κ1) is 15.2. The number of carboxylic acids is 1. The fourth-order valence-corrected chi connectivity index (χ4v) is 4.32. The molecule has 2 aliphatic rings. The van der Waals surface area contributed by atoms with Crippen molar-refractivity contribution < 1.29 is 14.7 Å². The van der Waals surface area contributed by atoms with Gasteiger partial charge in [0.05, 0.1) is 11.5 Å². The van der Waals surface area contributed by atoms with Crippen LogP contribution in [-0.2, 0) is 4.79 Å². The molecule has 8 heteroatoms. The van der Waals surface area contributed by atoms with Crippen molar-refractivity contribution in [1.29, 1.82) is 0 Å². The number of rotatable bonds is 3. The Labute approximate surface area is 132 Å². The van der Waals surface area contributed by atoms with Crippen molar-refractivity contribution in [3.8, 4) is 0 Å². The highest BCUT2D eigenvalue weighted by Gasteiger charge is 2.55. The van der Waals surface area contributed by atoms with Crippen LogP contribution in [0.2, 0.25) is 0 Å². The predicted octanol–water partition coefficient (Wildman–Crippen LogP) is 1.80. The first-order chi connectivity index (χ1) is 10.4. The molecule has 0 spiro atoms. The second-order valence-corrected chi connectivity index (χ2v) is 7.47. The molecule has 2 amide bonds. The highest BCUT2D eigenvalue weighted by Crippen LogP contribution is 2.48. The van der Waals surface area contributed by atoms with Crippen LogP contribution in [0.4, 0.5) is 4.79 Å². The number of amides is 2. The molecule has 7 nitrogen and oxygen atoms in total. The second-order valence-electron chi connectivity index (χ2n) is 6.26. The van der Waals surface area contributed by atoms with E-state index in [0.717, 1.165) is 22.9 Å². The lowest BCUT2D eigenvalue weighted by Crippen LogP contribution is -2.42. The summed E-state index contributed by atoms with van der Waals surface area (Å²) < 4.78 is 0. The van der Waals surface area contributed by atoms with E-state index < -0.39 is 11.4 Å². The number of aryl methyl sites for hydroxylation is 1. The summed E-state index contributed by atoms with van der Waals surface area (Å²) >= 11 is 1.45. The van der Waals surface area contributed by atoms with Crippen LogP contribution in [0.5, 0.6) is 0 Å². The number of carbonyl (C=O) groups is 2. The molecule has 1 unspecified atom stereocenters. The smallest absolute Gasteiger partial charge is 0.317 e. The molecule has 1 aliphatic heterocycles. The van der Waals surface area contributed by atoms with Crippen LogP contribution in [0.25, 0.3) is 0 Å². The molecule has 1 aromatic heterocycles. The van der Waals surface area contributed by atoms with Gasteiger partial charge in [0, 0.05) is 13.1 Å². The lowest BCUT2D eigenvalue weighted by atomic mass is 9.81. The zero-order chi connectivity index (χ0) is 15.9. The van der Waals surface area contributed by atoms with E-state index in [0.29, 0.717) is 19.5 Å². The third kappa shape index (κ3) is 2.45. The molecule has 2 N–H and O–H groups in total. The summed E-state index contributed by atoms with van der Waals surface area (Å²) in [5.74, 6) is -0.687. The lowest BCUT2D eigenvalue weighted by molar-refractivity contribution is -0.149. The topological polar surface area (TPSA) is 95.4 Å². The summed E-state index contributed by atoms with van der Waals surface area (Å²) in [4.78, 5) is 25.7.